The van der Waals surface area contributed by atoms with Gasteiger partial charge in [-0.1, -0.05) is 6.07 Å². The number of aliphatic hydroxyl groups excluding tert-OH is 1. The molecular weight excluding hydrogens is 510 g/mol. The molecule has 0 bridgehead atoms. The number of hydrogen-bond donors (Lipinski definition) is 2. The molecule has 0 unspecified atom stereocenters. The van der Waals surface area contributed by atoms with E-state index < -0.39 is 41.6 Å². The summed E-state index contributed by atoms with van der Waals surface area (Å²) in [5.74, 6) is -4.85. The summed E-state index contributed by atoms with van der Waals surface area (Å²) >= 11 is 1.33. The van der Waals surface area contributed by atoms with Gasteiger partial charge in [0.05, 0.1) is 24.9 Å². The highest BCUT2D eigenvalue weighted by Gasteiger charge is 2.48. The average Bonchev–Trinajstić information content (AvgIpc) is 3.45. The van der Waals surface area contributed by atoms with Crippen molar-refractivity contribution in [1.82, 2.24) is 4.57 Å². The van der Waals surface area contributed by atoms with E-state index in [-0.39, 0.29) is 47.0 Å². The summed E-state index contributed by atoms with van der Waals surface area (Å²) in [5, 5.41) is 22.6. The van der Waals surface area contributed by atoms with Crippen LogP contribution in [-0.4, -0.2) is 46.9 Å². The minimum absolute atomic E-state index is 0.0394. The van der Waals surface area contributed by atoms with Gasteiger partial charge in [-0.25, -0.2) is 9.59 Å². The van der Waals surface area contributed by atoms with E-state index in [0.717, 1.165) is 0 Å². The molecule has 10 nitrogen and oxygen atoms in total. The molecule has 2 aromatic rings. The first-order chi connectivity index (χ1) is 18.0. The lowest BCUT2D eigenvalue weighted by atomic mass is 9.77. The summed E-state index contributed by atoms with van der Waals surface area (Å²) in [6.45, 7) is 9.64. The second kappa shape index (κ2) is 11.6. The minimum atomic E-state index is -1.21. The van der Waals surface area contributed by atoms with Crippen molar-refractivity contribution in [3.05, 3.63) is 50.5 Å². The largest absolute Gasteiger partial charge is 0.512 e. The molecule has 0 fully saturated rings. The summed E-state index contributed by atoms with van der Waals surface area (Å²) in [6, 6.07) is 5.57. The Hall–Kier alpha value is -4.04. The number of anilines is 1. The van der Waals surface area contributed by atoms with Crippen LogP contribution in [0.3, 0.4) is 0 Å². The minimum Gasteiger partial charge on any atom is -0.512 e. The van der Waals surface area contributed by atoms with Crippen molar-refractivity contribution < 1.29 is 33.7 Å². The lowest BCUT2D eigenvalue weighted by molar-refractivity contribution is -0.146. The zero-order valence-corrected chi connectivity index (χ0v) is 23.0. The number of nitrogens with zero attached hydrogens (tertiary/aromatic N) is 2. The van der Waals surface area contributed by atoms with E-state index >= 15 is 0 Å². The summed E-state index contributed by atoms with van der Waals surface area (Å²) < 4.78 is 17.6. The van der Waals surface area contributed by atoms with Crippen molar-refractivity contribution in [2.75, 3.05) is 18.9 Å². The molecule has 3 N–H and O–H groups in total. The van der Waals surface area contributed by atoms with Crippen molar-refractivity contribution in [3.8, 4) is 6.07 Å². The Morgan fingerprint density at radius 3 is 2.39 bits per heavy atom. The van der Waals surface area contributed by atoms with E-state index in [1.165, 1.54) is 22.8 Å². The molecule has 0 spiro atoms. The topological polar surface area (TPSA) is 154 Å². The number of nitrogens with two attached hydrogens (primary N) is 1. The van der Waals surface area contributed by atoms with Gasteiger partial charge in [-0.3, -0.25) is 4.79 Å². The molecule has 0 radical (unpaired) electrons. The van der Waals surface area contributed by atoms with Gasteiger partial charge in [0, 0.05) is 27.7 Å². The zero-order chi connectivity index (χ0) is 28.3. The molecule has 0 aliphatic carbocycles. The second-order valence-corrected chi connectivity index (χ2v) is 9.80. The zero-order valence-electron chi connectivity index (χ0n) is 22.2. The number of carbonyl (C=O) groups is 3. The van der Waals surface area contributed by atoms with Gasteiger partial charge in [0.15, 0.2) is 0 Å². The first kappa shape index (κ1) is 28.5. The van der Waals surface area contributed by atoms with Crippen LogP contribution in [-0.2, 0) is 28.6 Å². The molecular formula is C27H31N3O7S. The summed E-state index contributed by atoms with van der Waals surface area (Å²) in [5.41, 5.74) is 6.60. The summed E-state index contributed by atoms with van der Waals surface area (Å²) in [6.07, 6.45) is -0.532. The van der Waals surface area contributed by atoms with Crippen LogP contribution in [0.25, 0.3) is 11.3 Å². The highest BCUT2D eigenvalue weighted by atomic mass is 32.1. The number of aliphatic hydroxyl groups is 1. The maximum Gasteiger partial charge on any atom is 0.342 e. The van der Waals surface area contributed by atoms with Crippen molar-refractivity contribution in [1.29, 1.82) is 5.26 Å². The van der Waals surface area contributed by atoms with E-state index in [1.54, 1.807) is 46.8 Å². The number of allylic oxidation sites excluding steroid dienone is 2. The Balaban J connectivity index is 2.54. The average molecular weight is 542 g/mol. The van der Waals surface area contributed by atoms with Crippen LogP contribution in [0.5, 0.6) is 0 Å². The second-order valence-electron chi connectivity index (χ2n) is 8.82. The van der Waals surface area contributed by atoms with Gasteiger partial charge in [-0.05, 0) is 53.0 Å². The maximum atomic E-state index is 13.7. The Kier molecular flexibility index (Phi) is 8.68. The number of carbonyl (C=O) groups excluding carboxylic acids is 3. The van der Waals surface area contributed by atoms with Gasteiger partial charge in [0.1, 0.15) is 34.7 Å². The maximum absolute atomic E-state index is 13.7. The third-order valence-corrected chi connectivity index (χ3v) is 7.02. The van der Waals surface area contributed by atoms with Crippen LogP contribution in [0.2, 0.25) is 0 Å². The number of esters is 3. The van der Waals surface area contributed by atoms with E-state index in [1.807, 2.05) is 11.4 Å². The fourth-order valence-electron chi connectivity index (χ4n) is 4.74. The van der Waals surface area contributed by atoms with Gasteiger partial charge in [-0.2, -0.15) is 5.26 Å². The summed E-state index contributed by atoms with van der Waals surface area (Å²) in [7, 11) is 0. The molecule has 202 valence electrons. The Morgan fingerprint density at radius 2 is 1.89 bits per heavy atom. The van der Waals surface area contributed by atoms with Crippen LogP contribution in [0.4, 0.5) is 5.82 Å². The molecule has 0 aromatic carbocycles. The lowest BCUT2D eigenvalue weighted by Gasteiger charge is -2.34. The van der Waals surface area contributed by atoms with Crippen LogP contribution in [0.1, 0.15) is 75.1 Å². The number of thiophene rings is 1. The van der Waals surface area contributed by atoms with E-state index in [2.05, 4.69) is 0 Å². The fourth-order valence-corrected chi connectivity index (χ4v) is 5.62. The fraction of sp³-hybridized carbons (Fsp3) is 0.407. The van der Waals surface area contributed by atoms with Crippen LogP contribution in [0, 0.1) is 11.3 Å². The molecule has 3 rings (SSSR count). The first-order valence-electron chi connectivity index (χ1n) is 12.1. The van der Waals surface area contributed by atoms with Gasteiger partial charge >= 0.3 is 17.9 Å². The molecule has 11 heteroatoms. The van der Waals surface area contributed by atoms with Crippen molar-refractivity contribution in [2.24, 2.45) is 0 Å². The highest BCUT2D eigenvalue weighted by molar-refractivity contribution is 7.10. The van der Waals surface area contributed by atoms with E-state index in [4.69, 9.17) is 19.9 Å². The molecule has 1 aliphatic rings. The lowest BCUT2D eigenvalue weighted by Crippen LogP contribution is -2.34. The molecule has 0 saturated carbocycles. The van der Waals surface area contributed by atoms with Crippen LogP contribution >= 0.6 is 11.3 Å². The highest BCUT2D eigenvalue weighted by Crippen LogP contribution is 2.52. The van der Waals surface area contributed by atoms with E-state index in [9.17, 15) is 24.8 Å². The molecule has 0 amide bonds. The number of aromatic nitrogens is 1. The van der Waals surface area contributed by atoms with Crippen LogP contribution < -0.4 is 5.73 Å². The third kappa shape index (κ3) is 4.91. The van der Waals surface area contributed by atoms with E-state index in [0.29, 0.717) is 10.6 Å². The van der Waals surface area contributed by atoms with Gasteiger partial charge in [0.2, 0.25) is 0 Å². The number of fused-ring (bicyclic) bond motifs is 1. The molecule has 2 aromatic heterocycles. The standard InChI is InChI=1S/C27H31N3O7S/c1-7-35-25(32)18-14(5)30-23(22(26(33)36-8-2)21(18)17-10-9-11-38-17)20(16(12-28)24(30)29)19(15(6)31)27(34)37-13(3)4/h9-11,13,21-22,31H,7-8,29H2,1-6H3/b19-15-/t21-,22+/m1/s1. The predicted molar refractivity (Wildman–Crippen MR) is 142 cm³/mol. The SMILES string of the molecule is CCOC(=O)C1=C(C)n2c(N)c(C#N)c(/C(C(=O)OC(C)C)=C(\C)O)c2[C@@H](C(=O)OCC)[C@@H]1c1cccs1. The number of rotatable bonds is 8. The Bertz CT molecular complexity index is 1360. The van der Waals surface area contributed by atoms with Crippen LogP contribution in [0.15, 0.2) is 28.8 Å². The van der Waals surface area contributed by atoms with Gasteiger partial charge in [0.25, 0.3) is 0 Å². The van der Waals surface area contributed by atoms with Crippen molar-refractivity contribution >= 4 is 46.3 Å². The van der Waals surface area contributed by atoms with Crippen molar-refractivity contribution in [2.45, 2.75) is 59.5 Å². The third-order valence-electron chi connectivity index (χ3n) is 6.06. The monoisotopic (exact) mass is 541 g/mol. The summed E-state index contributed by atoms with van der Waals surface area (Å²) in [4.78, 5) is 40.9. The molecule has 2 atom stereocenters. The Morgan fingerprint density at radius 1 is 1.24 bits per heavy atom. The molecule has 1 aliphatic heterocycles. The number of hydrogen-bond acceptors (Lipinski definition) is 10. The first-order valence-corrected chi connectivity index (χ1v) is 13.0. The van der Waals surface area contributed by atoms with Crippen molar-refractivity contribution in [3.63, 3.8) is 0 Å². The normalized spacial score (nSPS) is 17.4. The van der Waals surface area contributed by atoms with Gasteiger partial charge in [-0.15, -0.1) is 11.3 Å². The number of nitrogen functional groups attached to an aromatic ring is 1. The number of nitriles is 1. The quantitative estimate of drug-likeness (QED) is 0.213. The molecule has 38 heavy (non-hydrogen) atoms. The Labute approximate surface area is 224 Å². The van der Waals surface area contributed by atoms with Gasteiger partial charge < -0.3 is 29.6 Å². The molecule has 3 heterocycles. The molecule has 0 saturated heterocycles. The predicted octanol–water partition coefficient (Wildman–Crippen LogP) is 4.48. The smallest absolute Gasteiger partial charge is 0.342 e. The number of ether oxygens (including phenoxy) is 3.